The van der Waals surface area contributed by atoms with Gasteiger partial charge in [0.1, 0.15) is 16.5 Å². The van der Waals surface area contributed by atoms with Crippen LogP contribution >= 0.6 is 15.9 Å². The maximum atomic E-state index is 13.7. The van der Waals surface area contributed by atoms with Crippen molar-refractivity contribution in [3.8, 4) is 0 Å². The van der Waals surface area contributed by atoms with Crippen molar-refractivity contribution >= 4 is 26.0 Å². The molecule has 1 aromatic carbocycles. The molecule has 1 heterocycles. The summed E-state index contributed by atoms with van der Waals surface area (Å²) in [5, 5.41) is 0. The van der Waals surface area contributed by atoms with Crippen molar-refractivity contribution in [3.63, 3.8) is 0 Å². The zero-order chi connectivity index (χ0) is 14.2. The van der Waals surface area contributed by atoms with Crippen molar-refractivity contribution in [2.45, 2.75) is 23.8 Å². The Kier molecular flexibility index (Phi) is 4.24. The monoisotopic (exact) mass is 354 g/mol. The van der Waals surface area contributed by atoms with Crippen LogP contribution in [0, 0.1) is 11.6 Å². The van der Waals surface area contributed by atoms with Gasteiger partial charge in [0.25, 0.3) is 0 Å². The van der Waals surface area contributed by atoms with Gasteiger partial charge in [-0.2, -0.15) is 4.31 Å². The van der Waals surface area contributed by atoms with Crippen LogP contribution in [0.2, 0.25) is 0 Å². The normalized spacial score (nSPS) is 18.7. The van der Waals surface area contributed by atoms with E-state index in [0.29, 0.717) is 18.9 Å². The molecule has 1 saturated heterocycles. The number of nitrogens with zero attached hydrogens (tertiary/aromatic N) is 1. The fraction of sp³-hybridized carbons (Fsp3) is 0.455. The minimum atomic E-state index is -3.95. The third kappa shape index (κ3) is 2.96. The van der Waals surface area contributed by atoms with Crippen molar-refractivity contribution in [2.75, 3.05) is 13.1 Å². The molecular formula is C11H13BrF2N2O2S. The summed E-state index contributed by atoms with van der Waals surface area (Å²) in [7, 11) is -3.95. The molecule has 0 bridgehead atoms. The molecule has 0 aromatic heterocycles. The van der Waals surface area contributed by atoms with E-state index in [1.165, 1.54) is 4.31 Å². The minimum Gasteiger partial charge on any atom is -0.328 e. The van der Waals surface area contributed by atoms with Crippen molar-refractivity contribution in [3.05, 3.63) is 28.2 Å². The van der Waals surface area contributed by atoms with E-state index in [1.54, 1.807) is 0 Å². The molecule has 4 nitrogen and oxygen atoms in total. The zero-order valence-electron chi connectivity index (χ0n) is 9.94. The van der Waals surface area contributed by atoms with Crippen LogP contribution in [0.4, 0.5) is 8.78 Å². The molecule has 0 radical (unpaired) electrons. The smallest absolute Gasteiger partial charge is 0.246 e. The molecule has 0 amide bonds. The quantitative estimate of drug-likeness (QED) is 0.824. The molecular weight excluding hydrogens is 342 g/mol. The van der Waals surface area contributed by atoms with E-state index < -0.39 is 26.6 Å². The van der Waals surface area contributed by atoms with Crippen LogP contribution in [0.25, 0.3) is 0 Å². The highest BCUT2D eigenvalue weighted by molar-refractivity contribution is 9.10. The molecule has 0 atom stereocenters. The molecule has 106 valence electrons. The summed E-state index contributed by atoms with van der Waals surface area (Å²) in [6, 6.07) is 1.48. The summed E-state index contributed by atoms with van der Waals surface area (Å²) in [5.74, 6) is -1.92. The number of hydrogen-bond donors (Lipinski definition) is 1. The average Bonchev–Trinajstić information content (AvgIpc) is 2.34. The van der Waals surface area contributed by atoms with Crippen molar-refractivity contribution in [1.29, 1.82) is 0 Å². The van der Waals surface area contributed by atoms with Gasteiger partial charge < -0.3 is 5.73 Å². The fourth-order valence-corrected chi connectivity index (χ4v) is 3.99. The molecule has 1 aliphatic heterocycles. The summed E-state index contributed by atoms with van der Waals surface area (Å²) in [5.41, 5.74) is 5.70. The van der Waals surface area contributed by atoms with Crippen LogP contribution < -0.4 is 5.73 Å². The minimum absolute atomic E-state index is 0.0312. The maximum Gasteiger partial charge on any atom is 0.246 e. The van der Waals surface area contributed by atoms with Crippen LogP contribution in [0.5, 0.6) is 0 Å². The molecule has 8 heteroatoms. The maximum absolute atomic E-state index is 13.7. The van der Waals surface area contributed by atoms with Gasteiger partial charge in [-0.25, -0.2) is 17.2 Å². The number of halogens is 3. The third-order valence-electron chi connectivity index (χ3n) is 3.09. The molecule has 0 saturated carbocycles. The Hall–Kier alpha value is -0.570. The van der Waals surface area contributed by atoms with Gasteiger partial charge in [-0.3, -0.25) is 0 Å². The first-order valence-corrected chi connectivity index (χ1v) is 7.96. The van der Waals surface area contributed by atoms with E-state index in [2.05, 4.69) is 15.9 Å². The van der Waals surface area contributed by atoms with Gasteiger partial charge in [-0.05, 0) is 34.8 Å². The van der Waals surface area contributed by atoms with Gasteiger partial charge >= 0.3 is 0 Å². The summed E-state index contributed by atoms with van der Waals surface area (Å²) < 4.78 is 52.5. The largest absolute Gasteiger partial charge is 0.328 e. The molecule has 19 heavy (non-hydrogen) atoms. The highest BCUT2D eigenvalue weighted by atomic mass is 79.9. The Morgan fingerprint density at radius 3 is 2.37 bits per heavy atom. The lowest BCUT2D eigenvalue weighted by atomic mass is 10.1. The predicted octanol–water partition coefficient (Wildman–Crippen LogP) is 1.84. The SMILES string of the molecule is NC1CCN(S(=O)(=O)c2cc(Br)c(F)cc2F)CC1. The molecule has 0 aliphatic carbocycles. The summed E-state index contributed by atoms with van der Waals surface area (Å²) in [4.78, 5) is -0.517. The first kappa shape index (κ1) is 14.8. The Morgan fingerprint density at radius 1 is 1.21 bits per heavy atom. The fourth-order valence-electron chi connectivity index (χ4n) is 1.96. The van der Waals surface area contributed by atoms with E-state index in [-0.39, 0.29) is 23.6 Å². The lowest BCUT2D eigenvalue weighted by molar-refractivity contribution is 0.318. The lowest BCUT2D eigenvalue weighted by Crippen LogP contribution is -2.43. The summed E-state index contributed by atoms with van der Waals surface area (Å²) in [6.45, 7) is 0.496. The van der Waals surface area contributed by atoms with Crippen molar-refractivity contribution in [2.24, 2.45) is 5.73 Å². The first-order chi connectivity index (χ1) is 8.82. The van der Waals surface area contributed by atoms with E-state index >= 15 is 0 Å². The van der Waals surface area contributed by atoms with Crippen molar-refractivity contribution < 1.29 is 17.2 Å². The Balaban J connectivity index is 2.37. The standard InChI is InChI=1S/C11H13BrF2N2O2S/c12-8-5-11(10(14)6-9(8)13)19(17,18)16-3-1-7(15)2-4-16/h5-7H,1-4,15H2. The Labute approximate surface area is 118 Å². The number of benzene rings is 1. The van der Waals surface area contributed by atoms with Crippen LogP contribution in [-0.4, -0.2) is 31.9 Å². The summed E-state index contributed by atoms with van der Waals surface area (Å²) in [6.07, 6.45) is 1.06. The molecule has 2 N–H and O–H groups in total. The molecule has 1 aliphatic rings. The van der Waals surface area contributed by atoms with Gasteiger partial charge in [0.15, 0.2) is 0 Å². The van der Waals surface area contributed by atoms with E-state index in [0.717, 1.165) is 6.07 Å². The lowest BCUT2D eigenvalue weighted by Gasteiger charge is -2.29. The number of nitrogens with two attached hydrogens (primary N) is 1. The molecule has 1 aromatic rings. The van der Waals surface area contributed by atoms with Crippen LogP contribution in [-0.2, 0) is 10.0 Å². The van der Waals surface area contributed by atoms with Gasteiger partial charge in [-0.1, -0.05) is 0 Å². The zero-order valence-corrected chi connectivity index (χ0v) is 12.3. The molecule has 2 rings (SSSR count). The Morgan fingerprint density at radius 2 is 1.79 bits per heavy atom. The molecule has 0 unspecified atom stereocenters. The van der Waals surface area contributed by atoms with Crippen LogP contribution in [0.15, 0.2) is 21.5 Å². The second-order valence-corrected chi connectivity index (χ2v) is 7.20. The highest BCUT2D eigenvalue weighted by Crippen LogP contribution is 2.27. The average molecular weight is 355 g/mol. The number of hydrogen-bond acceptors (Lipinski definition) is 3. The second-order valence-electron chi connectivity index (χ2n) is 4.44. The Bertz CT molecular complexity index is 587. The van der Waals surface area contributed by atoms with Gasteiger partial charge in [-0.15, -0.1) is 0 Å². The van der Waals surface area contributed by atoms with Gasteiger partial charge in [0.05, 0.1) is 4.47 Å². The van der Waals surface area contributed by atoms with Crippen LogP contribution in [0.3, 0.4) is 0 Å². The predicted molar refractivity (Wildman–Crippen MR) is 70.0 cm³/mol. The molecule has 0 spiro atoms. The number of piperidine rings is 1. The second kappa shape index (κ2) is 5.43. The van der Waals surface area contributed by atoms with Gasteiger partial charge in [0.2, 0.25) is 10.0 Å². The third-order valence-corrected chi connectivity index (χ3v) is 5.61. The van der Waals surface area contributed by atoms with Crippen molar-refractivity contribution in [1.82, 2.24) is 4.31 Å². The van der Waals surface area contributed by atoms with Gasteiger partial charge in [0, 0.05) is 25.2 Å². The van der Waals surface area contributed by atoms with E-state index in [4.69, 9.17) is 5.73 Å². The van der Waals surface area contributed by atoms with E-state index in [1.807, 2.05) is 0 Å². The van der Waals surface area contributed by atoms with Crippen LogP contribution in [0.1, 0.15) is 12.8 Å². The van der Waals surface area contributed by atoms with E-state index in [9.17, 15) is 17.2 Å². The highest BCUT2D eigenvalue weighted by Gasteiger charge is 2.31. The topological polar surface area (TPSA) is 63.4 Å². The molecule has 1 fully saturated rings. The number of rotatable bonds is 2. The first-order valence-electron chi connectivity index (χ1n) is 5.72. The summed E-state index contributed by atoms with van der Waals surface area (Å²) >= 11 is 2.86. The number of sulfonamides is 1.